The molecule has 0 radical (unpaired) electrons. The predicted molar refractivity (Wildman–Crippen MR) is 56.4 cm³/mol. The minimum absolute atomic E-state index is 0.117. The molecular formula is C13H5F4N. The molecule has 18 heavy (non-hydrogen) atoms. The molecule has 0 saturated heterocycles. The van der Waals surface area contributed by atoms with Crippen LogP contribution in [0.25, 0.3) is 11.1 Å². The lowest BCUT2D eigenvalue weighted by Gasteiger charge is -2.07. The second-order valence-corrected chi connectivity index (χ2v) is 3.50. The van der Waals surface area contributed by atoms with Gasteiger partial charge in [-0.15, -0.1) is 0 Å². The highest BCUT2D eigenvalue weighted by atomic mass is 19.2. The van der Waals surface area contributed by atoms with Crippen LogP contribution in [-0.2, 0) is 0 Å². The summed E-state index contributed by atoms with van der Waals surface area (Å²) in [5.41, 5.74) is -0.888. The van der Waals surface area contributed by atoms with Crippen molar-refractivity contribution in [3.63, 3.8) is 0 Å². The summed E-state index contributed by atoms with van der Waals surface area (Å²) < 4.78 is 52.8. The van der Waals surface area contributed by atoms with Gasteiger partial charge in [0, 0.05) is 11.1 Å². The molecule has 0 heterocycles. The van der Waals surface area contributed by atoms with Gasteiger partial charge in [-0.1, -0.05) is 12.1 Å². The average Bonchev–Trinajstić information content (AvgIpc) is 2.36. The second-order valence-electron chi connectivity index (χ2n) is 3.50. The van der Waals surface area contributed by atoms with Gasteiger partial charge >= 0.3 is 0 Å². The van der Waals surface area contributed by atoms with Gasteiger partial charge in [-0.3, -0.25) is 0 Å². The summed E-state index contributed by atoms with van der Waals surface area (Å²) >= 11 is 0. The smallest absolute Gasteiger partial charge is 0.195 e. The third-order valence-corrected chi connectivity index (χ3v) is 2.45. The van der Waals surface area contributed by atoms with Crippen molar-refractivity contribution >= 4 is 0 Å². The Balaban J connectivity index is 2.75. The Labute approximate surface area is 99.9 Å². The molecule has 0 N–H and O–H groups in total. The van der Waals surface area contributed by atoms with Gasteiger partial charge in [0.1, 0.15) is 11.9 Å². The van der Waals surface area contributed by atoms with Gasteiger partial charge in [0.2, 0.25) is 0 Å². The molecule has 0 aromatic heterocycles. The van der Waals surface area contributed by atoms with Crippen LogP contribution in [0.5, 0.6) is 0 Å². The molecule has 1 nitrogen and oxygen atoms in total. The Morgan fingerprint density at radius 1 is 0.778 bits per heavy atom. The summed E-state index contributed by atoms with van der Waals surface area (Å²) in [7, 11) is 0. The van der Waals surface area contributed by atoms with E-state index in [4.69, 9.17) is 5.26 Å². The van der Waals surface area contributed by atoms with Crippen LogP contribution in [0, 0.1) is 34.6 Å². The zero-order valence-corrected chi connectivity index (χ0v) is 8.85. The van der Waals surface area contributed by atoms with Gasteiger partial charge in [-0.2, -0.15) is 5.26 Å². The first-order valence-electron chi connectivity index (χ1n) is 4.88. The van der Waals surface area contributed by atoms with E-state index in [0.29, 0.717) is 0 Å². The van der Waals surface area contributed by atoms with Gasteiger partial charge in [0.15, 0.2) is 17.5 Å². The molecule has 0 aliphatic carbocycles. The molecule has 90 valence electrons. The monoisotopic (exact) mass is 251 g/mol. The molecule has 0 fully saturated rings. The summed E-state index contributed by atoms with van der Waals surface area (Å²) in [6.45, 7) is 0. The number of nitriles is 1. The highest BCUT2D eigenvalue weighted by Crippen LogP contribution is 2.29. The van der Waals surface area contributed by atoms with Crippen molar-refractivity contribution < 1.29 is 17.6 Å². The number of benzene rings is 2. The summed E-state index contributed by atoms with van der Waals surface area (Å²) in [6.07, 6.45) is 0. The molecule has 5 heteroatoms. The number of halogens is 4. The van der Waals surface area contributed by atoms with E-state index in [-0.39, 0.29) is 11.1 Å². The molecule has 0 saturated carbocycles. The second kappa shape index (κ2) is 4.49. The Morgan fingerprint density at radius 2 is 1.50 bits per heavy atom. The summed E-state index contributed by atoms with van der Waals surface area (Å²) in [6, 6.07) is 6.79. The minimum atomic E-state index is -1.65. The van der Waals surface area contributed by atoms with Gasteiger partial charge in [0.25, 0.3) is 0 Å². The van der Waals surface area contributed by atoms with Crippen molar-refractivity contribution in [2.75, 3.05) is 0 Å². The Morgan fingerprint density at radius 3 is 2.17 bits per heavy atom. The topological polar surface area (TPSA) is 23.8 Å². The van der Waals surface area contributed by atoms with E-state index in [9.17, 15) is 17.6 Å². The predicted octanol–water partition coefficient (Wildman–Crippen LogP) is 3.78. The lowest BCUT2D eigenvalue weighted by Crippen LogP contribution is -1.97. The summed E-state index contributed by atoms with van der Waals surface area (Å²) in [5.74, 6) is -5.29. The Kier molecular flexibility index (Phi) is 3.02. The van der Waals surface area contributed by atoms with Crippen molar-refractivity contribution in [1.29, 1.82) is 5.26 Å². The summed E-state index contributed by atoms with van der Waals surface area (Å²) in [5, 5.41) is 8.80. The first-order chi connectivity index (χ1) is 8.56. The highest BCUT2D eigenvalue weighted by molar-refractivity contribution is 5.71. The van der Waals surface area contributed by atoms with Crippen LogP contribution in [0.15, 0.2) is 30.3 Å². The van der Waals surface area contributed by atoms with Crippen LogP contribution < -0.4 is 0 Å². The van der Waals surface area contributed by atoms with E-state index >= 15 is 0 Å². The zero-order chi connectivity index (χ0) is 13.3. The standard InChI is InChI=1S/C13H5F4N/c14-10-3-1-2-7(9(10)6-18)8-4-5-11(15)13(17)12(8)16/h1-5H. The zero-order valence-electron chi connectivity index (χ0n) is 8.85. The Bertz CT molecular complexity index is 659. The maximum atomic E-state index is 13.5. The van der Waals surface area contributed by atoms with Gasteiger partial charge < -0.3 is 0 Å². The fourth-order valence-corrected chi connectivity index (χ4v) is 1.60. The molecule has 0 bridgehead atoms. The molecule has 2 aromatic carbocycles. The number of hydrogen-bond acceptors (Lipinski definition) is 1. The van der Waals surface area contributed by atoms with Crippen LogP contribution in [-0.4, -0.2) is 0 Å². The highest BCUT2D eigenvalue weighted by Gasteiger charge is 2.18. The largest absolute Gasteiger partial charge is 0.206 e. The fourth-order valence-electron chi connectivity index (χ4n) is 1.60. The minimum Gasteiger partial charge on any atom is -0.206 e. The number of nitrogens with zero attached hydrogens (tertiary/aromatic N) is 1. The summed E-state index contributed by atoms with van der Waals surface area (Å²) in [4.78, 5) is 0. The lowest BCUT2D eigenvalue weighted by atomic mass is 9.99. The third kappa shape index (κ3) is 1.82. The van der Waals surface area contributed by atoms with E-state index in [1.165, 1.54) is 12.1 Å². The quantitative estimate of drug-likeness (QED) is 0.559. The molecule has 2 aromatic rings. The van der Waals surface area contributed by atoms with E-state index in [1.807, 2.05) is 0 Å². The van der Waals surface area contributed by atoms with Crippen molar-refractivity contribution in [1.82, 2.24) is 0 Å². The van der Waals surface area contributed by atoms with Crippen LogP contribution in [0.1, 0.15) is 5.56 Å². The molecule has 0 spiro atoms. The molecule has 0 unspecified atom stereocenters. The van der Waals surface area contributed by atoms with Crippen LogP contribution >= 0.6 is 0 Å². The molecule has 0 amide bonds. The van der Waals surface area contributed by atoms with Crippen molar-refractivity contribution in [3.05, 3.63) is 59.2 Å². The number of hydrogen-bond donors (Lipinski definition) is 0. The first-order valence-corrected chi connectivity index (χ1v) is 4.88. The van der Waals surface area contributed by atoms with E-state index in [1.54, 1.807) is 6.07 Å². The first kappa shape index (κ1) is 12.1. The molecule has 0 aliphatic heterocycles. The third-order valence-electron chi connectivity index (χ3n) is 2.45. The van der Waals surface area contributed by atoms with E-state index in [2.05, 4.69) is 0 Å². The van der Waals surface area contributed by atoms with Crippen LogP contribution in [0.2, 0.25) is 0 Å². The van der Waals surface area contributed by atoms with Crippen molar-refractivity contribution in [2.24, 2.45) is 0 Å². The number of rotatable bonds is 1. The Hall–Kier alpha value is -2.35. The van der Waals surface area contributed by atoms with Gasteiger partial charge in [0.05, 0.1) is 5.56 Å². The van der Waals surface area contributed by atoms with Crippen LogP contribution in [0.3, 0.4) is 0 Å². The normalized spacial score (nSPS) is 10.2. The van der Waals surface area contributed by atoms with Crippen molar-refractivity contribution in [2.45, 2.75) is 0 Å². The maximum Gasteiger partial charge on any atom is 0.195 e. The van der Waals surface area contributed by atoms with Gasteiger partial charge in [-0.25, -0.2) is 17.6 Å². The van der Waals surface area contributed by atoms with Crippen LogP contribution in [0.4, 0.5) is 17.6 Å². The average molecular weight is 251 g/mol. The maximum absolute atomic E-state index is 13.5. The fraction of sp³-hybridized carbons (Fsp3) is 0. The lowest BCUT2D eigenvalue weighted by molar-refractivity contribution is 0.449. The van der Waals surface area contributed by atoms with E-state index < -0.39 is 28.8 Å². The van der Waals surface area contributed by atoms with E-state index in [0.717, 1.165) is 18.2 Å². The SMILES string of the molecule is N#Cc1c(F)cccc1-c1ccc(F)c(F)c1F. The molecule has 0 atom stereocenters. The molecular weight excluding hydrogens is 246 g/mol. The molecule has 0 aliphatic rings. The molecule has 2 rings (SSSR count). The van der Waals surface area contributed by atoms with Gasteiger partial charge in [-0.05, 0) is 18.2 Å². The van der Waals surface area contributed by atoms with Crippen molar-refractivity contribution in [3.8, 4) is 17.2 Å².